The molecule has 1 amide bonds. The van der Waals surface area contributed by atoms with Crippen LogP contribution in [0.3, 0.4) is 0 Å². The van der Waals surface area contributed by atoms with Gasteiger partial charge < -0.3 is 9.73 Å². The Morgan fingerprint density at radius 1 is 1.09 bits per heavy atom. The van der Waals surface area contributed by atoms with Gasteiger partial charge in [-0.15, -0.1) is 0 Å². The Balaban J connectivity index is 1.99. The number of benzene rings is 1. The Morgan fingerprint density at radius 3 is 2.32 bits per heavy atom. The highest BCUT2D eigenvalue weighted by Gasteiger charge is 2.25. The smallest absolute Gasteiger partial charge is 0.255 e. The van der Waals surface area contributed by atoms with Crippen LogP contribution in [0.15, 0.2) is 34.7 Å². The lowest BCUT2D eigenvalue weighted by molar-refractivity contribution is 0.0964. The molecular formula is C22H26FN3O6S2. The lowest BCUT2D eigenvalue weighted by Gasteiger charge is -2.11. The number of sulfonamides is 1. The third-order valence-electron chi connectivity index (χ3n) is 5.13. The molecule has 9 nitrogen and oxygen atoms in total. The average molecular weight is 512 g/mol. The van der Waals surface area contributed by atoms with E-state index in [0.29, 0.717) is 22.9 Å². The Hall–Kier alpha value is -2.99. The van der Waals surface area contributed by atoms with E-state index in [4.69, 9.17) is 4.42 Å². The lowest BCUT2D eigenvalue weighted by atomic mass is 10.0. The first kappa shape index (κ1) is 25.6. The molecular weight excluding hydrogens is 485 g/mol. The van der Waals surface area contributed by atoms with Gasteiger partial charge in [-0.2, -0.15) is 4.98 Å². The number of furan rings is 1. The molecule has 0 aliphatic carbocycles. The third-order valence-corrected chi connectivity index (χ3v) is 7.49. The van der Waals surface area contributed by atoms with Crippen LogP contribution < -0.4 is 10.0 Å². The van der Waals surface area contributed by atoms with Crippen LogP contribution in [-0.4, -0.2) is 52.5 Å². The Kier molecular flexibility index (Phi) is 7.61. The van der Waals surface area contributed by atoms with E-state index in [1.165, 1.54) is 31.3 Å². The monoisotopic (exact) mass is 511 g/mol. The predicted octanol–water partition coefficient (Wildman–Crippen LogP) is 3.12. The molecule has 3 aromatic rings. The summed E-state index contributed by atoms with van der Waals surface area (Å²) in [5.41, 5.74) is 1.26. The van der Waals surface area contributed by atoms with Crippen molar-refractivity contribution in [1.29, 1.82) is 0 Å². The van der Waals surface area contributed by atoms with Crippen LogP contribution in [0, 0.1) is 5.82 Å². The molecule has 0 aliphatic heterocycles. The normalized spacial score (nSPS) is 12.1. The summed E-state index contributed by atoms with van der Waals surface area (Å²) in [6, 6.07) is 7.07. The van der Waals surface area contributed by atoms with Gasteiger partial charge >= 0.3 is 0 Å². The van der Waals surface area contributed by atoms with Gasteiger partial charge in [0.1, 0.15) is 27.2 Å². The van der Waals surface area contributed by atoms with Gasteiger partial charge in [0.15, 0.2) is 0 Å². The summed E-state index contributed by atoms with van der Waals surface area (Å²) in [6.07, 6.45) is 1.91. The number of nitrogens with zero attached hydrogens (tertiary/aromatic N) is 1. The molecule has 0 atom stereocenters. The van der Waals surface area contributed by atoms with Gasteiger partial charge in [-0.1, -0.05) is 6.92 Å². The van der Waals surface area contributed by atoms with E-state index in [-0.39, 0.29) is 47.2 Å². The fraction of sp³-hybridized carbons (Fsp3) is 0.364. The average Bonchev–Trinajstić information content (AvgIpc) is 3.13. The standard InChI is InChI=1S/C22H26FN3O6S2/c1-4-14-13-17-18(21(27)24-2)19(15-7-9-16(23)10-8-15)32-22(17)25-20(14)26-34(30,31)12-6-5-11-33(3,28)29/h7-10,13H,4-6,11-12H2,1-3H3,(H,24,27)(H,25,26). The molecule has 0 radical (unpaired) electrons. The van der Waals surface area contributed by atoms with Crippen LogP contribution >= 0.6 is 0 Å². The number of hydrogen-bond donors (Lipinski definition) is 2. The van der Waals surface area contributed by atoms with Crippen LogP contribution in [0.4, 0.5) is 10.2 Å². The number of carbonyl (C=O) groups is 1. The van der Waals surface area contributed by atoms with Crippen LogP contribution in [0.1, 0.15) is 35.7 Å². The van der Waals surface area contributed by atoms with Crippen LogP contribution in [0.5, 0.6) is 0 Å². The maximum Gasteiger partial charge on any atom is 0.255 e. The number of hydrogen-bond acceptors (Lipinski definition) is 7. The van der Waals surface area contributed by atoms with Crippen molar-refractivity contribution in [3.05, 3.63) is 47.3 Å². The van der Waals surface area contributed by atoms with Crippen molar-refractivity contribution in [3.63, 3.8) is 0 Å². The summed E-state index contributed by atoms with van der Waals surface area (Å²) >= 11 is 0. The summed E-state index contributed by atoms with van der Waals surface area (Å²) in [5, 5.41) is 2.95. The second-order valence-electron chi connectivity index (χ2n) is 7.85. The van der Waals surface area contributed by atoms with Gasteiger partial charge in [-0.3, -0.25) is 9.52 Å². The first-order chi connectivity index (χ1) is 15.9. The molecule has 34 heavy (non-hydrogen) atoms. The topological polar surface area (TPSA) is 135 Å². The number of rotatable bonds is 10. The van der Waals surface area contributed by atoms with E-state index in [1.54, 1.807) is 6.07 Å². The van der Waals surface area contributed by atoms with Gasteiger partial charge in [0.2, 0.25) is 15.7 Å². The number of unbranched alkanes of at least 4 members (excludes halogenated alkanes) is 1. The van der Waals surface area contributed by atoms with Gasteiger partial charge in [-0.05, 0) is 55.2 Å². The minimum absolute atomic E-state index is 0.0462. The molecule has 0 bridgehead atoms. The molecule has 12 heteroatoms. The van der Waals surface area contributed by atoms with E-state index < -0.39 is 31.6 Å². The lowest BCUT2D eigenvalue weighted by Crippen LogP contribution is -2.20. The largest absolute Gasteiger partial charge is 0.437 e. The molecule has 2 aromatic heterocycles. The predicted molar refractivity (Wildman–Crippen MR) is 129 cm³/mol. The fourth-order valence-corrected chi connectivity index (χ4v) is 5.32. The zero-order valence-electron chi connectivity index (χ0n) is 19.0. The molecule has 2 N–H and O–H groups in total. The first-order valence-electron chi connectivity index (χ1n) is 10.6. The van der Waals surface area contributed by atoms with Gasteiger partial charge in [0, 0.05) is 24.6 Å². The summed E-state index contributed by atoms with van der Waals surface area (Å²) in [7, 11) is -5.50. The molecule has 0 unspecified atom stereocenters. The number of aromatic nitrogens is 1. The Morgan fingerprint density at radius 2 is 1.74 bits per heavy atom. The van der Waals surface area contributed by atoms with Gasteiger partial charge in [0.25, 0.3) is 5.91 Å². The number of sulfone groups is 1. The first-order valence-corrected chi connectivity index (χ1v) is 14.3. The zero-order chi connectivity index (χ0) is 25.1. The van der Waals surface area contributed by atoms with Crippen molar-refractivity contribution in [2.75, 3.05) is 29.5 Å². The SMILES string of the molecule is CCc1cc2c(C(=O)NC)c(-c3ccc(F)cc3)oc2nc1NS(=O)(=O)CCCCS(C)(=O)=O. The van der Waals surface area contributed by atoms with E-state index in [1.807, 2.05) is 6.92 Å². The van der Waals surface area contributed by atoms with Crippen molar-refractivity contribution < 1.29 is 30.4 Å². The fourth-order valence-electron chi connectivity index (χ4n) is 3.43. The maximum absolute atomic E-state index is 13.4. The molecule has 0 aliphatic rings. The number of pyridine rings is 1. The number of anilines is 1. The van der Waals surface area contributed by atoms with Crippen LogP contribution in [0.25, 0.3) is 22.4 Å². The van der Waals surface area contributed by atoms with Gasteiger partial charge in [0.05, 0.1) is 16.7 Å². The van der Waals surface area contributed by atoms with Crippen molar-refractivity contribution >= 4 is 42.7 Å². The maximum atomic E-state index is 13.4. The molecule has 0 fully saturated rings. The number of carbonyl (C=O) groups excluding carboxylic acids is 1. The number of amides is 1. The summed E-state index contributed by atoms with van der Waals surface area (Å²) in [4.78, 5) is 17.0. The minimum Gasteiger partial charge on any atom is -0.437 e. The quantitative estimate of drug-likeness (QED) is 0.399. The van der Waals surface area contributed by atoms with Crippen molar-refractivity contribution in [2.45, 2.75) is 26.2 Å². The second-order valence-corrected chi connectivity index (χ2v) is 12.0. The number of aryl methyl sites for hydroxylation is 1. The summed E-state index contributed by atoms with van der Waals surface area (Å²) < 4.78 is 69.3. The molecule has 0 saturated heterocycles. The molecule has 184 valence electrons. The van der Waals surface area contributed by atoms with Crippen LogP contribution in [0.2, 0.25) is 0 Å². The highest BCUT2D eigenvalue weighted by atomic mass is 32.2. The Labute approximate surface area is 197 Å². The highest BCUT2D eigenvalue weighted by molar-refractivity contribution is 7.92. The van der Waals surface area contributed by atoms with Crippen molar-refractivity contribution in [1.82, 2.24) is 10.3 Å². The van der Waals surface area contributed by atoms with E-state index in [2.05, 4.69) is 15.0 Å². The number of halogens is 1. The molecule has 2 heterocycles. The molecule has 1 aromatic carbocycles. The van der Waals surface area contributed by atoms with E-state index >= 15 is 0 Å². The van der Waals surface area contributed by atoms with Crippen molar-refractivity contribution in [2.24, 2.45) is 0 Å². The number of nitrogens with one attached hydrogen (secondary N) is 2. The molecule has 3 rings (SSSR count). The third kappa shape index (κ3) is 6.11. The highest BCUT2D eigenvalue weighted by Crippen LogP contribution is 2.35. The van der Waals surface area contributed by atoms with E-state index in [9.17, 15) is 26.0 Å². The minimum atomic E-state index is -3.80. The van der Waals surface area contributed by atoms with Crippen molar-refractivity contribution in [3.8, 4) is 11.3 Å². The van der Waals surface area contributed by atoms with Crippen LogP contribution in [-0.2, 0) is 26.3 Å². The van der Waals surface area contributed by atoms with E-state index in [0.717, 1.165) is 6.26 Å². The Bertz CT molecular complexity index is 1420. The second kappa shape index (κ2) is 10.1. The van der Waals surface area contributed by atoms with Gasteiger partial charge in [-0.25, -0.2) is 21.2 Å². The zero-order valence-corrected chi connectivity index (χ0v) is 20.6. The summed E-state index contributed by atoms with van der Waals surface area (Å²) in [6.45, 7) is 1.81. The summed E-state index contributed by atoms with van der Waals surface area (Å²) in [5.74, 6) is -0.977. The number of fused-ring (bicyclic) bond motifs is 1. The molecule has 0 spiro atoms. The molecule has 0 saturated carbocycles.